The largest absolute Gasteiger partial charge is 0.383 e. The van der Waals surface area contributed by atoms with Crippen molar-refractivity contribution >= 4 is 11.6 Å². The van der Waals surface area contributed by atoms with Crippen molar-refractivity contribution < 1.29 is 4.74 Å². The zero-order chi connectivity index (χ0) is 10.2. The van der Waals surface area contributed by atoms with Crippen LogP contribution in [0.4, 0.5) is 0 Å². The predicted molar refractivity (Wildman–Crippen MR) is 59.9 cm³/mol. The van der Waals surface area contributed by atoms with Gasteiger partial charge in [0.25, 0.3) is 0 Å². The van der Waals surface area contributed by atoms with Crippen molar-refractivity contribution in [1.29, 1.82) is 0 Å². The van der Waals surface area contributed by atoms with Crippen molar-refractivity contribution in [2.75, 3.05) is 26.8 Å². The number of methoxy groups -OCH3 is 1. The van der Waals surface area contributed by atoms with Gasteiger partial charge in [0.05, 0.1) is 6.61 Å². The topological polar surface area (TPSA) is 21.3 Å². The zero-order valence-electron chi connectivity index (χ0n) is 8.42. The lowest BCUT2D eigenvalue weighted by atomic mass is 10.1. The first-order valence-electron chi connectivity index (χ1n) is 4.77. The van der Waals surface area contributed by atoms with Gasteiger partial charge in [0, 0.05) is 18.7 Å². The van der Waals surface area contributed by atoms with E-state index in [2.05, 4.69) is 11.4 Å². The molecule has 0 saturated carbocycles. The van der Waals surface area contributed by atoms with Crippen LogP contribution in [0.25, 0.3) is 0 Å². The Balaban J connectivity index is 2.21. The molecule has 2 nitrogen and oxygen atoms in total. The molecule has 0 atom stereocenters. The molecule has 0 unspecified atom stereocenters. The highest BCUT2D eigenvalue weighted by Gasteiger charge is 1.97. The van der Waals surface area contributed by atoms with Gasteiger partial charge in [0.2, 0.25) is 0 Å². The summed E-state index contributed by atoms with van der Waals surface area (Å²) >= 11 is 6.01. The average molecular weight is 214 g/mol. The monoisotopic (exact) mass is 213 g/mol. The van der Waals surface area contributed by atoms with E-state index in [4.69, 9.17) is 16.3 Å². The number of benzene rings is 1. The van der Waals surface area contributed by atoms with Crippen LogP contribution in [0, 0.1) is 0 Å². The molecule has 0 amide bonds. The molecule has 78 valence electrons. The van der Waals surface area contributed by atoms with Gasteiger partial charge in [-0.05, 0) is 24.6 Å². The van der Waals surface area contributed by atoms with Crippen LogP contribution in [-0.2, 0) is 11.2 Å². The van der Waals surface area contributed by atoms with Gasteiger partial charge >= 0.3 is 0 Å². The molecule has 0 heterocycles. The number of nitrogens with one attached hydrogen (secondary N) is 1. The molecular weight excluding hydrogens is 198 g/mol. The number of rotatable bonds is 6. The van der Waals surface area contributed by atoms with E-state index in [0.717, 1.165) is 31.1 Å². The Morgan fingerprint density at radius 2 is 2.07 bits per heavy atom. The fraction of sp³-hybridized carbons (Fsp3) is 0.455. The second kappa shape index (κ2) is 6.82. The summed E-state index contributed by atoms with van der Waals surface area (Å²) in [5, 5.41) is 4.13. The van der Waals surface area contributed by atoms with Gasteiger partial charge in [0.1, 0.15) is 0 Å². The van der Waals surface area contributed by atoms with E-state index in [1.165, 1.54) is 5.56 Å². The maximum absolute atomic E-state index is 6.01. The van der Waals surface area contributed by atoms with E-state index in [-0.39, 0.29) is 0 Å². The normalized spacial score (nSPS) is 10.4. The highest BCUT2D eigenvalue weighted by molar-refractivity contribution is 6.31. The minimum absolute atomic E-state index is 0.753. The SMILES string of the molecule is COCCNCCc1ccccc1Cl. The molecule has 0 fully saturated rings. The van der Waals surface area contributed by atoms with Crippen molar-refractivity contribution in [3.63, 3.8) is 0 Å². The summed E-state index contributed by atoms with van der Waals surface area (Å²) in [6.45, 7) is 2.58. The molecule has 1 N–H and O–H groups in total. The molecule has 0 saturated heterocycles. The maximum Gasteiger partial charge on any atom is 0.0587 e. The molecule has 1 aromatic carbocycles. The number of hydrogen-bond acceptors (Lipinski definition) is 2. The summed E-state index contributed by atoms with van der Waals surface area (Å²) in [7, 11) is 1.70. The summed E-state index contributed by atoms with van der Waals surface area (Å²) in [6, 6.07) is 7.94. The van der Waals surface area contributed by atoms with Crippen LogP contribution in [0.5, 0.6) is 0 Å². The first kappa shape index (κ1) is 11.5. The summed E-state index contributed by atoms with van der Waals surface area (Å²) < 4.78 is 4.93. The van der Waals surface area contributed by atoms with E-state index in [9.17, 15) is 0 Å². The van der Waals surface area contributed by atoms with Gasteiger partial charge < -0.3 is 10.1 Å². The Bertz CT molecular complexity index is 265. The first-order valence-corrected chi connectivity index (χ1v) is 5.15. The Morgan fingerprint density at radius 1 is 1.29 bits per heavy atom. The van der Waals surface area contributed by atoms with Crippen molar-refractivity contribution in [1.82, 2.24) is 5.32 Å². The smallest absolute Gasteiger partial charge is 0.0587 e. The summed E-state index contributed by atoms with van der Waals surface area (Å²) in [6.07, 6.45) is 0.962. The zero-order valence-corrected chi connectivity index (χ0v) is 9.18. The molecule has 14 heavy (non-hydrogen) atoms. The van der Waals surface area contributed by atoms with Crippen LogP contribution >= 0.6 is 11.6 Å². The maximum atomic E-state index is 6.01. The molecule has 0 aliphatic carbocycles. The molecule has 0 aliphatic rings. The lowest BCUT2D eigenvalue weighted by molar-refractivity contribution is 0.199. The Kier molecular flexibility index (Phi) is 5.60. The van der Waals surface area contributed by atoms with Crippen LogP contribution in [0.15, 0.2) is 24.3 Å². The third kappa shape index (κ3) is 4.09. The lowest BCUT2D eigenvalue weighted by Crippen LogP contribution is -2.21. The van der Waals surface area contributed by atoms with Crippen molar-refractivity contribution in [3.8, 4) is 0 Å². The van der Waals surface area contributed by atoms with E-state index in [1.54, 1.807) is 7.11 Å². The highest BCUT2D eigenvalue weighted by Crippen LogP contribution is 2.14. The van der Waals surface area contributed by atoms with Crippen LogP contribution in [0.3, 0.4) is 0 Å². The van der Waals surface area contributed by atoms with Gasteiger partial charge in [-0.2, -0.15) is 0 Å². The Hall–Kier alpha value is -0.570. The van der Waals surface area contributed by atoms with Crippen molar-refractivity contribution in [3.05, 3.63) is 34.9 Å². The van der Waals surface area contributed by atoms with Gasteiger partial charge in [-0.3, -0.25) is 0 Å². The van der Waals surface area contributed by atoms with E-state index >= 15 is 0 Å². The van der Waals surface area contributed by atoms with Gasteiger partial charge in [-0.1, -0.05) is 29.8 Å². The second-order valence-electron chi connectivity index (χ2n) is 3.08. The Morgan fingerprint density at radius 3 is 2.79 bits per heavy atom. The molecular formula is C11H16ClNO. The van der Waals surface area contributed by atoms with Crippen LogP contribution < -0.4 is 5.32 Å². The molecule has 1 rings (SSSR count). The quantitative estimate of drug-likeness (QED) is 0.731. The van der Waals surface area contributed by atoms with E-state index in [0.29, 0.717) is 0 Å². The molecule has 1 aromatic rings. The van der Waals surface area contributed by atoms with Gasteiger partial charge in [0.15, 0.2) is 0 Å². The van der Waals surface area contributed by atoms with Gasteiger partial charge in [-0.25, -0.2) is 0 Å². The fourth-order valence-electron chi connectivity index (χ4n) is 1.22. The molecule has 0 bridgehead atoms. The molecule has 0 aromatic heterocycles. The number of hydrogen-bond donors (Lipinski definition) is 1. The Labute approximate surface area is 90.2 Å². The molecule has 0 radical (unpaired) electrons. The molecule has 0 spiro atoms. The number of ether oxygens (including phenoxy) is 1. The predicted octanol–water partition coefficient (Wildman–Crippen LogP) is 2.12. The van der Waals surface area contributed by atoms with E-state index < -0.39 is 0 Å². The third-order valence-electron chi connectivity index (χ3n) is 2.01. The fourth-order valence-corrected chi connectivity index (χ4v) is 1.45. The first-order chi connectivity index (χ1) is 6.84. The standard InChI is InChI=1S/C11H16ClNO/c1-14-9-8-13-7-6-10-4-2-3-5-11(10)12/h2-5,13H,6-9H2,1H3. The minimum Gasteiger partial charge on any atom is -0.383 e. The third-order valence-corrected chi connectivity index (χ3v) is 2.38. The van der Waals surface area contributed by atoms with Crippen LogP contribution in [0.1, 0.15) is 5.56 Å². The molecule has 0 aliphatic heterocycles. The average Bonchev–Trinajstić information content (AvgIpc) is 2.20. The van der Waals surface area contributed by atoms with E-state index in [1.807, 2.05) is 18.2 Å². The lowest BCUT2D eigenvalue weighted by Gasteiger charge is -2.05. The van der Waals surface area contributed by atoms with Crippen molar-refractivity contribution in [2.45, 2.75) is 6.42 Å². The summed E-state index contributed by atoms with van der Waals surface area (Å²) in [5.74, 6) is 0. The van der Waals surface area contributed by atoms with Crippen LogP contribution in [0.2, 0.25) is 5.02 Å². The summed E-state index contributed by atoms with van der Waals surface area (Å²) in [4.78, 5) is 0. The molecule has 3 heteroatoms. The second-order valence-corrected chi connectivity index (χ2v) is 3.49. The van der Waals surface area contributed by atoms with Crippen molar-refractivity contribution in [2.24, 2.45) is 0 Å². The minimum atomic E-state index is 0.753. The van der Waals surface area contributed by atoms with Crippen LogP contribution in [-0.4, -0.2) is 26.8 Å². The highest BCUT2D eigenvalue weighted by atomic mass is 35.5. The number of halogens is 1. The van der Waals surface area contributed by atoms with Gasteiger partial charge in [-0.15, -0.1) is 0 Å². The summed E-state index contributed by atoms with van der Waals surface area (Å²) in [5.41, 5.74) is 1.19.